The number of pyridine rings is 1. The maximum absolute atomic E-state index is 9.96. The molecular weight excluding hydrogens is 352 g/mol. The van der Waals surface area contributed by atoms with Gasteiger partial charge in [-0.2, -0.15) is 0 Å². The zero-order chi connectivity index (χ0) is 18.7. The van der Waals surface area contributed by atoms with Crippen LogP contribution < -0.4 is 15.2 Å². The van der Waals surface area contributed by atoms with E-state index in [2.05, 4.69) is 18.8 Å². The molecule has 2 atom stereocenters. The number of nitrogens with zero attached hydrogens (tertiary/aromatic N) is 1. The second-order valence-electron chi connectivity index (χ2n) is 7.17. The van der Waals surface area contributed by atoms with E-state index in [1.54, 1.807) is 12.4 Å². The Morgan fingerprint density at radius 2 is 2.12 bits per heavy atom. The van der Waals surface area contributed by atoms with Crippen molar-refractivity contribution in [2.75, 3.05) is 19.1 Å². The van der Waals surface area contributed by atoms with Gasteiger partial charge < -0.3 is 20.3 Å². The number of aliphatic hydroxyl groups excluding tert-OH is 1. The van der Waals surface area contributed by atoms with Crippen molar-refractivity contribution in [3.8, 4) is 22.6 Å². The largest absolute Gasteiger partial charge is 0.492 e. The number of halogens is 1. The number of hydrogen-bond acceptors (Lipinski definition) is 5. The van der Waals surface area contributed by atoms with Crippen molar-refractivity contribution < 1.29 is 14.6 Å². The highest BCUT2D eigenvalue weighted by Crippen LogP contribution is 2.46. The lowest BCUT2D eigenvalue weighted by atomic mass is 9.87. The number of hydrogen-bond donors (Lipinski definition) is 2. The maximum Gasteiger partial charge on any atom is 0.172 e. The Hall–Kier alpha value is -1.82. The zero-order valence-corrected chi connectivity index (χ0v) is 15.9. The van der Waals surface area contributed by atoms with Crippen LogP contribution in [0.15, 0.2) is 36.7 Å². The molecule has 0 amide bonds. The van der Waals surface area contributed by atoms with Gasteiger partial charge in [-0.1, -0.05) is 13.8 Å². The van der Waals surface area contributed by atoms with Gasteiger partial charge in [-0.15, -0.1) is 11.6 Å². The van der Waals surface area contributed by atoms with E-state index >= 15 is 0 Å². The van der Waals surface area contributed by atoms with E-state index in [0.717, 1.165) is 23.1 Å². The molecule has 0 fully saturated rings. The molecule has 0 spiro atoms. The molecule has 2 heterocycles. The van der Waals surface area contributed by atoms with Gasteiger partial charge in [0.15, 0.2) is 5.60 Å². The van der Waals surface area contributed by atoms with E-state index in [1.165, 1.54) is 0 Å². The molecule has 0 aliphatic carbocycles. The van der Waals surface area contributed by atoms with Crippen LogP contribution in [-0.2, 0) is 5.60 Å². The number of nitrogens with two attached hydrogens (primary N) is 1. The van der Waals surface area contributed by atoms with E-state index < -0.39 is 5.60 Å². The Labute approximate surface area is 159 Å². The van der Waals surface area contributed by atoms with E-state index in [0.29, 0.717) is 24.0 Å². The maximum atomic E-state index is 9.96. The van der Waals surface area contributed by atoms with Gasteiger partial charge in [-0.05, 0) is 36.1 Å². The first-order valence-electron chi connectivity index (χ1n) is 8.82. The van der Waals surface area contributed by atoms with Gasteiger partial charge in [0.1, 0.15) is 18.1 Å². The first kappa shape index (κ1) is 19.0. The minimum atomic E-state index is -1.01. The topological polar surface area (TPSA) is 77.6 Å². The summed E-state index contributed by atoms with van der Waals surface area (Å²) in [6.45, 7) is 4.48. The van der Waals surface area contributed by atoms with Crippen molar-refractivity contribution in [2.45, 2.75) is 31.9 Å². The molecule has 1 aliphatic rings. The molecule has 3 N–H and O–H groups in total. The molecule has 140 valence electrons. The molecule has 0 saturated carbocycles. The number of ether oxygens (including phenoxy) is 2. The summed E-state index contributed by atoms with van der Waals surface area (Å²) in [5.74, 6) is 1.96. The molecule has 1 aromatic heterocycles. The predicted molar refractivity (Wildman–Crippen MR) is 103 cm³/mol. The molecular formula is C20H25ClN2O3. The van der Waals surface area contributed by atoms with Crippen molar-refractivity contribution in [2.24, 2.45) is 11.7 Å². The summed E-state index contributed by atoms with van der Waals surface area (Å²) in [5, 5.41) is 9.96. The quantitative estimate of drug-likeness (QED) is 0.725. The Kier molecular flexibility index (Phi) is 5.70. The summed E-state index contributed by atoms with van der Waals surface area (Å²) >= 11 is 6.16. The van der Waals surface area contributed by atoms with Crippen LogP contribution in [0.3, 0.4) is 0 Å². The number of alkyl halides is 1. The van der Waals surface area contributed by atoms with Crippen LogP contribution in [0.2, 0.25) is 0 Å². The number of aromatic nitrogens is 1. The fourth-order valence-electron chi connectivity index (χ4n) is 3.29. The SMILES string of the molecule is CC(C)C[C@H](N)COc1ccc2c(c1)OC(CO)(CCl)c1cnccc1-2. The molecule has 0 bridgehead atoms. The average molecular weight is 377 g/mol. The van der Waals surface area contributed by atoms with Crippen molar-refractivity contribution >= 4 is 11.6 Å². The summed E-state index contributed by atoms with van der Waals surface area (Å²) in [6.07, 6.45) is 4.33. The molecule has 1 aliphatic heterocycles. The van der Waals surface area contributed by atoms with Crippen LogP contribution in [0.4, 0.5) is 0 Å². The zero-order valence-electron chi connectivity index (χ0n) is 15.1. The molecule has 26 heavy (non-hydrogen) atoms. The summed E-state index contributed by atoms with van der Waals surface area (Å²) in [4.78, 5) is 4.16. The monoisotopic (exact) mass is 376 g/mol. The minimum Gasteiger partial charge on any atom is -0.492 e. The first-order chi connectivity index (χ1) is 12.5. The average Bonchev–Trinajstić information content (AvgIpc) is 2.65. The first-order valence-corrected chi connectivity index (χ1v) is 9.35. The summed E-state index contributed by atoms with van der Waals surface area (Å²) in [6, 6.07) is 7.58. The van der Waals surface area contributed by atoms with E-state index in [9.17, 15) is 5.11 Å². The lowest BCUT2D eigenvalue weighted by Gasteiger charge is -2.37. The second kappa shape index (κ2) is 7.82. The predicted octanol–water partition coefficient (Wildman–Crippen LogP) is 3.32. The Morgan fingerprint density at radius 1 is 1.31 bits per heavy atom. The third-order valence-electron chi connectivity index (χ3n) is 4.57. The number of aliphatic hydroxyl groups is 1. The molecule has 1 unspecified atom stereocenters. The van der Waals surface area contributed by atoms with Crippen LogP contribution in [0.5, 0.6) is 11.5 Å². The Bertz CT molecular complexity index is 762. The summed E-state index contributed by atoms with van der Waals surface area (Å²) in [5.41, 5.74) is 7.76. The van der Waals surface area contributed by atoms with E-state index in [1.807, 2.05) is 24.3 Å². The lowest BCUT2D eigenvalue weighted by Crippen LogP contribution is -2.41. The fraction of sp³-hybridized carbons (Fsp3) is 0.450. The normalized spacial score (nSPS) is 19.5. The molecule has 3 rings (SSSR count). The van der Waals surface area contributed by atoms with Crippen LogP contribution in [-0.4, -0.2) is 35.2 Å². The van der Waals surface area contributed by atoms with Gasteiger partial charge in [0.2, 0.25) is 0 Å². The summed E-state index contributed by atoms with van der Waals surface area (Å²) < 4.78 is 12.0. The van der Waals surface area contributed by atoms with Gasteiger partial charge in [-0.25, -0.2) is 0 Å². The lowest BCUT2D eigenvalue weighted by molar-refractivity contribution is 0.0222. The van der Waals surface area contributed by atoms with Crippen LogP contribution in [0.25, 0.3) is 11.1 Å². The minimum absolute atomic E-state index is 0.0156. The number of rotatable bonds is 7. The number of benzene rings is 1. The number of fused-ring (bicyclic) bond motifs is 3. The van der Waals surface area contributed by atoms with Gasteiger partial charge in [0.25, 0.3) is 0 Å². The summed E-state index contributed by atoms with van der Waals surface area (Å²) in [7, 11) is 0. The van der Waals surface area contributed by atoms with Crippen LogP contribution in [0.1, 0.15) is 25.8 Å². The molecule has 0 radical (unpaired) electrons. The molecule has 5 nitrogen and oxygen atoms in total. The third kappa shape index (κ3) is 3.65. The van der Waals surface area contributed by atoms with Crippen molar-refractivity contribution in [3.05, 3.63) is 42.2 Å². The standard InChI is InChI=1S/C20H25ClN2O3/c1-13(2)7-14(22)10-25-15-3-4-17-16-5-6-23-9-18(16)20(11-21,12-24)26-19(17)8-15/h3-6,8-9,13-14,24H,7,10-12,22H2,1-2H3/t14-,20?/m0/s1. The van der Waals surface area contributed by atoms with Crippen LogP contribution >= 0.6 is 11.6 Å². The van der Waals surface area contributed by atoms with Gasteiger partial charge in [0.05, 0.1) is 12.5 Å². The van der Waals surface area contributed by atoms with Crippen molar-refractivity contribution in [1.82, 2.24) is 4.98 Å². The van der Waals surface area contributed by atoms with Crippen molar-refractivity contribution in [3.63, 3.8) is 0 Å². The van der Waals surface area contributed by atoms with Gasteiger partial charge >= 0.3 is 0 Å². The highest BCUT2D eigenvalue weighted by molar-refractivity contribution is 6.18. The van der Waals surface area contributed by atoms with Gasteiger partial charge in [0, 0.05) is 35.6 Å². The molecule has 1 aromatic carbocycles. The fourth-order valence-corrected chi connectivity index (χ4v) is 3.58. The van der Waals surface area contributed by atoms with E-state index in [4.69, 9.17) is 26.8 Å². The second-order valence-corrected chi connectivity index (χ2v) is 7.44. The van der Waals surface area contributed by atoms with Gasteiger partial charge in [-0.3, -0.25) is 4.98 Å². The van der Waals surface area contributed by atoms with Crippen molar-refractivity contribution in [1.29, 1.82) is 0 Å². The molecule has 2 aromatic rings. The van der Waals surface area contributed by atoms with Crippen LogP contribution in [0, 0.1) is 5.92 Å². The smallest absolute Gasteiger partial charge is 0.172 e. The Morgan fingerprint density at radius 3 is 2.81 bits per heavy atom. The molecule has 6 heteroatoms. The molecule has 0 saturated heterocycles. The highest BCUT2D eigenvalue weighted by atomic mass is 35.5. The highest BCUT2D eigenvalue weighted by Gasteiger charge is 2.40. The Balaban J connectivity index is 1.88. The van der Waals surface area contributed by atoms with E-state index in [-0.39, 0.29) is 18.5 Å². The third-order valence-corrected chi connectivity index (χ3v) is 5.00.